The first-order valence-corrected chi connectivity index (χ1v) is 9.33. The Hall–Kier alpha value is -1.54. The van der Waals surface area contributed by atoms with Gasteiger partial charge in [0.25, 0.3) is 0 Å². The van der Waals surface area contributed by atoms with Gasteiger partial charge in [0.15, 0.2) is 5.96 Å². The molecule has 1 atom stereocenters. The van der Waals surface area contributed by atoms with Gasteiger partial charge in [0, 0.05) is 38.9 Å². The molecular formula is C20H27ClIN5. The number of rotatable bonds is 4. The van der Waals surface area contributed by atoms with Crippen LogP contribution >= 0.6 is 35.6 Å². The summed E-state index contributed by atoms with van der Waals surface area (Å²) in [6, 6.07) is 10.6. The zero-order chi connectivity index (χ0) is 18.5. The molecule has 0 saturated carbocycles. The minimum atomic E-state index is 0. The molecule has 7 heteroatoms. The molecule has 2 heterocycles. The number of guanidine groups is 1. The van der Waals surface area contributed by atoms with E-state index in [1.807, 2.05) is 12.1 Å². The summed E-state index contributed by atoms with van der Waals surface area (Å²) >= 11 is 6.27. The molecule has 0 bridgehead atoms. The van der Waals surface area contributed by atoms with Gasteiger partial charge in [0.1, 0.15) is 5.82 Å². The lowest BCUT2D eigenvalue weighted by atomic mass is 10.1. The molecule has 1 saturated heterocycles. The summed E-state index contributed by atoms with van der Waals surface area (Å²) in [5.74, 6) is 1.68. The molecule has 5 nitrogen and oxygen atoms in total. The summed E-state index contributed by atoms with van der Waals surface area (Å²) in [4.78, 5) is 11.0. The molecule has 1 aliphatic heterocycles. The normalized spacial score (nSPS) is 16.8. The number of nitrogens with zero attached hydrogens (tertiary/aromatic N) is 3. The molecule has 27 heavy (non-hydrogen) atoms. The lowest BCUT2D eigenvalue weighted by Gasteiger charge is -2.20. The predicted molar refractivity (Wildman–Crippen MR) is 125 cm³/mol. The van der Waals surface area contributed by atoms with E-state index in [1.165, 1.54) is 16.7 Å². The smallest absolute Gasteiger partial charge is 0.191 e. The highest BCUT2D eigenvalue weighted by atomic mass is 127. The van der Waals surface area contributed by atoms with E-state index < -0.39 is 0 Å². The quantitative estimate of drug-likeness (QED) is 0.380. The zero-order valence-electron chi connectivity index (χ0n) is 16.0. The third-order valence-corrected chi connectivity index (χ3v) is 5.03. The van der Waals surface area contributed by atoms with Crippen molar-refractivity contribution in [3.05, 3.63) is 58.2 Å². The Morgan fingerprint density at radius 2 is 2.15 bits per heavy atom. The summed E-state index contributed by atoms with van der Waals surface area (Å²) in [5, 5.41) is 7.63. The van der Waals surface area contributed by atoms with E-state index in [0.717, 1.165) is 37.8 Å². The van der Waals surface area contributed by atoms with Crippen molar-refractivity contribution in [3.63, 3.8) is 0 Å². The van der Waals surface area contributed by atoms with Gasteiger partial charge < -0.3 is 15.5 Å². The van der Waals surface area contributed by atoms with E-state index in [4.69, 9.17) is 11.6 Å². The van der Waals surface area contributed by atoms with Crippen LogP contribution in [-0.2, 0) is 6.54 Å². The molecular weight excluding hydrogens is 473 g/mol. The van der Waals surface area contributed by atoms with Gasteiger partial charge in [-0.05, 0) is 43.5 Å². The van der Waals surface area contributed by atoms with Crippen LogP contribution in [0.2, 0.25) is 5.02 Å². The van der Waals surface area contributed by atoms with Crippen molar-refractivity contribution in [3.8, 4) is 0 Å². The van der Waals surface area contributed by atoms with E-state index in [9.17, 15) is 0 Å². The SMILES string of the molecule is CN=C(NCc1ccc(C)cc1C)NC1CCN(c2ncccc2Cl)C1.I. The third kappa shape index (κ3) is 5.72. The Balaban J connectivity index is 0.00000261. The van der Waals surface area contributed by atoms with Crippen LogP contribution in [0.15, 0.2) is 41.5 Å². The highest BCUT2D eigenvalue weighted by molar-refractivity contribution is 14.0. The van der Waals surface area contributed by atoms with E-state index in [-0.39, 0.29) is 24.0 Å². The first-order chi connectivity index (χ1) is 12.6. The van der Waals surface area contributed by atoms with Crippen LogP contribution in [0.3, 0.4) is 0 Å². The second kappa shape index (κ2) is 10.1. The van der Waals surface area contributed by atoms with Gasteiger partial charge in [-0.15, -0.1) is 24.0 Å². The molecule has 2 N–H and O–H groups in total. The Bertz CT molecular complexity index is 796. The maximum atomic E-state index is 6.27. The van der Waals surface area contributed by atoms with Gasteiger partial charge in [-0.2, -0.15) is 0 Å². The lowest BCUT2D eigenvalue weighted by Crippen LogP contribution is -2.44. The number of pyridine rings is 1. The first-order valence-electron chi connectivity index (χ1n) is 8.95. The fraction of sp³-hybridized carbons (Fsp3) is 0.400. The van der Waals surface area contributed by atoms with Crippen LogP contribution in [0.5, 0.6) is 0 Å². The largest absolute Gasteiger partial charge is 0.353 e. The number of anilines is 1. The maximum Gasteiger partial charge on any atom is 0.191 e. The van der Waals surface area contributed by atoms with Crippen molar-refractivity contribution in [1.29, 1.82) is 0 Å². The minimum absolute atomic E-state index is 0. The summed E-state index contributed by atoms with van der Waals surface area (Å²) < 4.78 is 0. The highest BCUT2D eigenvalue weighted by Gasteiger charge is 2.25. The van der Waals surface area contributed by atoms with Crippen LogP contribution in [0.1, 0.15) is 23.1 Å². The number of nitrogens with one attached hydrogen (secondary N) is 2. The molecule has 0 radical (unpaired) electrons. The van der Waals surface area contributed by atoms with Gasteiger partial charge in [-0.1, -0.05) is 35.4 Å². The van der Waals surface area contributed by atoms with Crippen LogP contribution in [-0.4, -0.2) is 37.1 Å². The molecule has 0 amide bonds. The van der Waals surface area contributed by atoms with Gasteiger partial charge >= 0.3 is 0 Å². The highest BCUT2D eigenvalue weighted by Crippen LogP contribution is 2.25. The summed E-state index contributed by atoms with van der Waals surface area (Å²) in [6.07, 6.45) is 2.81. The van der Waals surface area contributed by atoms with Gasteiger partial charge in [0.05, 0.1) is 5.02 Å². The van der Waals surface area contributed by atoms with Crippen LogP contribution in [0, 0.1) is 13.8 Å². The number of aliphatic imine (C=N–C) groups is 1. The molecule has 1 aliphatic rings. The lowest BCUT2D eigenvalue weighted by molar-refractivity contribution is 0.648. The maximum absolute atomic E-state index is 6.27. The predicted octanol–water partition coefficient (Wildman–Crippen LogP) is 3.91. The van der Waals surface area contributed by atoms with E-state index in [2.05, 4.69) is 57.6 Å². The average Bonchev–Trinajstić information content (AvgIpc) is 3.08. The molecule has 1 fully saturated rings. The number of hydrogen-bond acceptors (Lipinski definition) is 3. The zero-order valence-corrected chi connectivity index (χ0v) is 19.1. The van der Waals surface area contributed by atoms with E-state index in [0.29, 0.717) is 11.1 Å². The number of halogens is 2. The molecule has 0 aliphatic carbocycles. The van der Waals surface area contributed by atoms with Crippen LogP contribution in [0.4, 0.5) is 5.82 Å². The Morgan fingerprint density at radius 1 is 1.33 bits per heavy atom. The topological polar surface area (TPSA) is 52.6 Å². The van der Waals surface area contributed by atoms with Gasteiger partial charge in [-0.25, -0.2) is 4.98 Å². The molecule has 146 valence electrons. The Morgan fingerprint density at radius 3 is 2.85 bits per heavy atom. The van der Waals surface area contributed by atoms with Crippen molar-refractivity contribution in [2.24, 2.45) is 4.99 Å². The fourth-order valence-corrected chi connectivity index (χ4v) is 3.53. The molecule has 3 rings (SSSR count). The van der Waals surface area contributed by atoms with E-state index in [1.54, 1.807) is 13.2 Å². The summed E-state index contributed by atoms with van der Waals surface area (Å²) in [7, 11) is 1.81. The average molecular weight is 500 g/mol. The second-order valence-corrected chi connectivity index (χ2v) is 7.15. The fourth-order valence-electron chi connectivity index (χ4n) is 3.29. The van der Waals surface area contributed by atoms with Crippen molar-refractivity contribution < 1.29 is 0 Å². The van der Waals surface area contributed by atoms with Crippen molar-refractivity contribution >= 4 is 47.4 Å². The molecule has 1 unspecified atom stereocenters. The number of benzene rings is 1. The Labute approximate surface area is 183 Å². The molecule has 0 spiro atoms. The molecule has 1 aromatic carbocycles. The summed E-state index contributed by atoms with van der Waals surface area (Å²) in [6.45, 7) is 6.81. The number of aromatic nitrogens is 1. The van der Waals surface area contributed by atoms with Crippen molar-refractivity contribution in [1.82, 2.24) is 15.6 Å². The molecule has 1 aromatic heterocycles. The molecule has 2 aromatic rings. The standard InChI is InChI=1S/C20H26ClN5.HI/c1-14-6-7-16(15(2)11-14)12-24-20(22-3)25-17-8-10-26(13-17)19-18(21)5-4-9-23-19;/h4-7,9,11,17H,8,10,12-13H2,1-3H3,(H2,22,24,25);1H. The number of aryl methyl sites for hydroxylation is 2. The van der Waals surface area contributed by atoms with Crippen LogP contribution < -0.4 is 15.5 Å². The van der Waals surface area contributed by atoms with Gasteiger partial charge in [-0.3, -0.25) is 4.99 Å². The minimum Gasteiger partial charge on any atom is -0.353 e. The van der Waals surface area contributed by atoms with E-state index >= 15 is 0 Å². The summed E-state index contributed by atoms with van der Waals surface area (Å²) in [5.41, 5.74) is 3.87. The number of hydrogen-bond donors (Lipinski definition) is 2. The third-order valence-electron chi connectivity index (χ3n) is 4.74. The van der Waals surface area contributed by atoms with Crippen LogP contribution in [0.25, 0.3) is 0 Å². The monoisotopic (exact) mass is 499 g/mol. The van der Waals surface area contributed by atoms with Crippen molar-refractivity contribution in [2.75, 3.05) is 25.0 Å². The first kappa shape index (κ1) is 21.8. The van der Waals surface area contributed by atoms with Gasteiger partial charge in [0.2, 0.25) is 0 Å². The Kier molecular flexibility index (Phi) is 8.16. The second-order valence-electron chi connectivity index (χ2n) is 6.74. The van der Waals surface area contributed by atoms with Crippen molar-refractivity contribution in [2.45, 2.75) is 32.9 Å².